The van der Waals surface area contributed by atoms with Crippen molar-refractivity contribution in [3.05, 3.63) is 51.4 Å². The Morgan fingerprint density at radius 3 is 2.85 bits per heavy atom. The second-order valence-electron chi connectivity index (χ2n) is 4.95. The quantitative estimate of drug-likeness (QED) is 0.907. The molecule has 0 saturated carbocycles. The van der Waals surface area contributed by atoms with Crippen molar-refractivity contribution >= 4 is 21.7 Å². The topological polar surface area (TPSA) is 49.8 Å². The Morgan fingerprint density at radius 2 is 2.05 bits per heavy atom. The van der Waals surface area contributed by atoms with E-state index >= 15 is 0 Å². The van der Waals surface area contributed by atoms with Crippen LogP contribution in [0.15, 0.2) is 28.7 Å². The maximum Gasteiger partial charge on any atom is 0.134 e. The third-order valence-corrected chi connectivity index (χ3v) is 3.95. The van der Waals surface area contributed by atoms with Gasteiger partial charge in [0.1, 0.15) is 11.6 Å². The van der Waals surface area contributed by atoms with Crippen LogP contribution >= 0.6 is 15.9 Å². The number of fused-ring (bicyclic) bond motifs is 1. The molecule has 1 aliphatic heterocycles. The highest BCUT2D eigenvalue weighted by Gasteiger charge is 2.16. The molecule has 0 aliphatic carbocycles. The zero-order valence-electron chi connectivity index (χ0n) is 11.4. The Bertz CT molecular complexity index is 610. The summed E-state index contributed by atoms with van der Waals surface area (Å²) in [6.07, 6.45) is 0.978. The largest absolute Gasteiger partial charge is 0.366 e. The number of rotatable bonds is 3. The third-order valence-electron chi connectivity index (χ3n) is 3.42. The number of aromatic nitrogens is 2. The normalized spacial score (nSPS) is 13.9. The first-order valence-corrected chi connectivity index (χ1v) is 7.57. The lowest BCUT2D eigenvalue weighted by Crippen LogP contribution is -2.26. The molecule has 0 bridgehead atoms. The Kier molecular flexibility index (Phi) is 3.98. The summed E-state index contributed by atoms with van der Waals surface area (Å²) in [5.74, 6) is 1.80. The van der Waals surface area contributed by atoms with Gasteiger partial charge in [0.05, 0.1) is 5.69 Å². The lowest BCUT2D eigenvalue weighted by molar-refractivity contribution is 0.624. The molecular formula is C15H17BrN4. The van der Waals surface area contributed by atoms with Crippen LogP contribution < -0.4 is 10.6 Å². The van der Waals surface area contributed by atoms with Gasteiger partial charge < -0.3 is 10.6 Å². The lowest BCUT2D eigenvalue weighted by Gasteiger charge is -2.20. The highest BCUT2D eigenvalue weighted by atomic mass is 79.9. The number of halogens is 1. The van der Waals surface area contributed by atoms with Gasteiger partial charge in [0, 0.05) is 36.1 Å². The molecule has 0 radical (unpaired) electrons. The second kappa shape index (κ2) is 5.89. The summed E-state index contributed by atoms with van der Waals surface area (Å²) in [5.41, 5.74) is 3.62. The van der Waals surface area contributed by atoms with Crippen LogP contribution in [0, 0.1) is 6.92 Å². The zero-order valence-corrected chi connectivity index (χ0v) is 13.0. The predicted octanol–water partition coefficient (Wildman–Crippen LogP) is 2.81. The molecule has 0 amide bonds. The van der Waals surface area contributed by atoms with Crippen LogP contribution in [0.25, 0.3) is 0 Å². The molecule has 0 atom stereocenters. The van der Waals surface area contributed by atoms with E-state index in [-0.39, 0.29) is 0 Å². The van der Waals surface area contributed by atoms with Gasteiger partial charge in [0.15, 0.2) is 0 Å². The van der Waals surface area contributed by atoms with Gasteiger partial charge in [-0.05, 0) is 24.6 Å². The Labute approximate surface area is 127 Å². The van der Waals surface area contributed by atoms with Crippen molar-refractivity contribution in [3.63, 3.8) is 0 Å². The van der Waals surface area contributed by atoms with Crippen molar-refractivity contribution in [2.45, 2.75) is 26.4 Å². The van der Waals surface area contributed by atoms with Gasteiger partial charge in [0.2, 0.25) is 0 Å². The van der Waals surface area contributed by atoms with Crippen LogP contribution in [0.2, 0.25) is 0 Å². The number of hydrogen-bond acceptors (Lipinski definition) is 4. The molecule has 0 saturated heterocycles. The minimum atomic E-state index is 0.774. The molecule has 104 valence electrons. The molecular weight excluding hydrogens is 316 g/mol. The van der Waals surface area contributed by atoms with Crippen LogP contribution in [0.1, 0.15) is 22.6 Å². The molecule has 0 spiro atoms. The fourth-order valence-electron chi connectivity index (χ4n) is 2.40. The van der Waals surface area contributed by atoms with Crippen molar-refractivity contribution in [1.82, 2.24) is 15.3 Å². The highest BCUT2D eigenvalue weighted by molar-refractivity contribution is 9.10. The van der Waals surface area contributed by atoms with Crippen molar-refractivity contribution in [1.29, 1.82) is 0 Å². The van der Waals surface area contributed by atoms with Gasteiger partial charge in [-0.15, -0.1) is 0 Å². The zero-order chi connectivity index (χ0) is 13.9. The van der Waals surface area contributed by atoms with E-state index in [4.69, 9.17) is 0 Å². The molecule has 0 fully saturated rings. The van der Waals surface area contributed by atoms with Gasteiger partial charge >= 0.3 is 0 Å². The maximum absolute atomic E-state index is 4.55. The third kappa shape index (κ3) is 2.99. The van der Waals surface area contributed by atoms with E-state index in [1.54, 1.807) is 0 Å². The molecule has 2 N–H and O–H groups in total. The van der Waals surface area contributed by atoms with Crippen molar-refractivity contribution < 1.29 is 0 Å². The van der Waals surface area contributed by atoms with Gasteiger partial charge in [-0.2, -0.15) is 0 Å². The summed E-state index contributed by atoms with van der Waals surface area (Å²) in [4.78, 5) is 9.09. The Hall–Kier alpha value is -1.46. The second-order valence-corrected chi connectivity index (χ2v) is 5.87. The Morgan fingerprint density at radius 1 is 1.25 bits per heavy atom. The molecule has 5 heteroatoms. The smallest absolute Gasteiger partial charge is 0.134 e. The fraction of sp³-hybridized carbons (Fsp3) is 0.333. The number of aryl methyl sites for hydroxylation is 1. The van der Waals surface area contributed by atoms with Crippen LogP contribution in [0.4, 0.5) is 5.82 Å². The first-order chi connectivity index (χ1) is 9.72. The first kappa shape index (κ1) is 13.5. The van der Waals surface area contributed by atoms with Gasteiger partial charge in [-0.3, -0.25) is 0 Å². The number of hydrogen-bond donors (Lipinski definition) is 2. The summed E-state index contributed by atoms with van der Waals surface area (Å²) in [7, 11) is 0. The molecule has 1 aliphatic rings. The van der Waals surface area contributed by atoms with Gasteiger partial charge in [0.25, 0.3) is 0 Å². The molecule has 0 unspecified atom stereocenters. The summed E-state index contributed by atoms with van der Waals surface area (Å²) in [6.45, 7) is 4.57. The number of anilines is 1. The van der Waals surface area contributed by atoms with Crippen molar-refractivity contribution in [3.8, 4) is 0 Å². The molecule has 4 nitrogen and oxygen atoms in total. The first-order valence-electron chi connectivity index (χ1n) is 6.78. The van der Waals surface area contributed by atoms with Crippen LogP contribution in [0.5, 0.6) is 0 Å². The van der Waals surface area contributed by atoms with Gasteiger partial charge in [-0.1, -0.05) is 28.1 Å². The molecule has 3 rings (SSSR count). The molecule has 2 heterocycles. The van der Waals surface area contributed by atoms with E-state index in [2.05, 4.69) is 60.8 Å². The monoisotopic (exact) mass is 332 g/mol. The average Bonchev–Trinajstić information content (AvgIpc) is 2.46. The molecule has 1 aromatic heterocycles. The maximum atomic E-state index is 4.55. The summed E-state index contributed by atoms with van der Waals surface area (Å²) in [5, 5.41) is 6.82. The molecule has 1 aromatic carbocycles. The molecule has 20 heavy (non-hydrogen) atoms. The van der Waals surface area contributed by atoms with E-state index < -0.39 is 0 Å². The number of nitrogens with one attached hydrogen (secondary N) is 2. The average molecular weight is 333 g/mol. The number of nitrogens with zero attached hydrogens (tertiary/aromatic N) is 2. The van der Waals surface area contributed by atoms with E-state index in [9.17, 15) is 0 Å². The summed E-state index contributed by atoms with van der Waals surface area (Å²) >= 11 is 3.45. The van der Waals surface area contributed by atoms with Crippen LogP contribution in [0.3, 0.4) is 0 Å². The van der Waals surface area contributed by atoms with E-state index in [1.807, 2.05) is 6.92 Å². The highest BCUT2D eigenvalue weighted by Crippen LogP contribution is 2.20. The van der Waals surface area contributed by atoms with Crippen molar-refractivity contribution in [2.24, 2.45) is 0 Å². The SMILES string of the molecule is Cc1nc2c(c(NCc3ccc(Br)cc3)n1)CNCC2. The minimum absolute atomic E-state index is 0.774. The van der Waals surface area contributed by atoms with E-state index in [0.29, 0.717) is 0 Å². The molecule has 2 aromatic rings. The fourth-order valence-corrected chi connectivity index (χ4v) is 2.67. The van der Waals surface area contributed by atoms with Gasteiger partial charge in [-0.25, -0.2) is 9.97 Å². The Balaban J connectivity index is 1.80. The lowest BCUT2D eigenvalue weighted by atomic mass is 10.1. The summed E-state index contributed by atoms with van der Waals surface area (Å²) in [6, 6.07) is 8.32. The predicted molar refractivity (Wildman–Crippen MR) is 83.6 cm³/mol. The summed E-state index contributed by atoms with van der Waals surface area (Å²) < 4.78 is 1.10. The van der Waals surface area contributed by atoms with Crippen molar-refractivity contribution in [2.75, 3.05) is 11.9 Å². The minimum Gasteiger partial charge on any atom is -0.366 e. The van der Waals surface area contributed by atoms with Crippen LogP contribution in [-0.2, 0) is 19.5 Å². The van der Waals surface area contributed by atoms with E-state index in [0.717, 1.165) is 42.2 Å². The van der Waals surface area contributed by atoms with E-state index in [1.165, 1.54) is 16.8 Å². The standard InChI is InChI=1S/C15H17BrN4/c1-10-19-14-6-7-17-9-13(14)15(20-10)18-8-11-2-4-12(16)5-3-11/h2-5,17H,6-9H2,1H3,(H,18,19,20). The number of benzene rings is 1. The van der Waals surface area contributed by atoms with Crippen LogP contribution in [-0.4, -0.2) is 16.5 Å².